The minimum atomic E-state index is 0.308. The van der Waals surface area contributed by atoms with Crippen molar-refractivity contribution in [3.8, 4) is 0 Å². The van der Waals surface area contributed by atoms with Crippen LogP contribution in [-0.4, -0.2) is 17.6 Å². The maximum absolute atomic E-state index is 8.60. The van der Waals surface area contributed by atoms with Crippen LogP contribution in [0.3, 0.4) is 0 Å². The highest BCUT2D eigenvalue weighted by Gasteiger charge is 1.97. The second kappa shape index (κ2) is 6.37. The molecule has 0 aliphatic carbocycles. The highest BCUT2D eigenvalue weighted by Crippen LogP contribution is 2.06. The van der Waals surface area contributed by atoms with Crippen LogP contribution in [0.2, 0.25) is 0 Å². The predicted octanol–water partition coefficient (Wildman–Crippen LogP) is 2.02. The van der Waals surface area contributed by atoms with Crippen LogP contribution in [0.15, 0.2) is 0 Å². The standard InChI is InChI=1S/C7H15ClO/c1-7(6-9)4-2-3-5-8/h7,9H,2-6H2,1H3. The number of rotatable bonds is 5. The summed E-state index contributed by atoms with van der Waals surface area (Å²) in [5.41, 5.74) is 0. The Morgan fingerprint density at radius 1 is 1.44 bits per heavy atom. The average molecular weight is 151 g/mol. The topological polar surface area (TPSA) is 20.2 Å². The van der Waals surface area contributed by atoms with E-state index < -0.39 is 0 Å². The molecular formula is C7H15ClO. The van der Waals surface area contributed by atoms with Crippen LogP contribution in [0, 0.1) is 5.92 Å². The van der Waals surface area contributed by atoms with Gasteiger partial charge in [-0.15, -0.1) is 11.6 Å². The summed E-state index contributed by atoms with van der Waals surface area (Å²) < 4.78 is 0. The zero-order chi connectivity index (χ0) is 7.11. The summed E-state index contributed by atoms with van der Waals surface area (Å²) >= 11 is 5.47. The third-order valence-electron chi connectivity index (χ3n) is 1.39. The fourth-order valence-corrected chi connectivity index (χ4v) is 0.868. The molecule has 0 saturated heterocycles. The molecule has 2 heteroatoms. The predicted molar refractivity (Wildman–Crippen MR) is 40.8 cm³/mol. The van der Waals surface area contributed by atoms with E-state index in [1.165, 1.54) is 0 Å². The van der Waals surface area contributed by atoms with Gasteiger partial charge in [-0.25, -0.2) is 0 Å². The molecule has 0 aromatic rings. The molecule has 0 spiro atoms. The second-order valence-electron chi connectivity index (χ2n) is 2.47. The molecule has 0 aromatic heterocycles. The van der Waals surface area contributed by atoms with Crippen molar-refractivity contribution in [2.45, 2.75) is 26.2 Å². The molecule has 56 valence electrons. The normalized spacial score (nSPS) is 13.7. The van der Waals surface area contributed by atoms with E-state index in [1.807, 2.05) is 6.92 Å². The third-order valence-corrected chi connectivity index (χ3v) is 1.66. The van der Waals surface area contributed by atoms with Crippen LogP contribution in [0.5, 0.6) is 0 Å². The van der Waals surface area contributed by atoms with Gasteiger partial charge in [-0.05, 0) is 18.8 Å². The molecular weight excluding hydrogens is 136 g/mol. The Hall–Kier alpha value is 0.250. The summed E-state index contributed by atoms with van der Waals surface area (Å²) in [5.74, 6) is 1.20. The van der Waals surface area contributed by atoms with E-state index in [4.69, 9.17) is 16.7 Å². The Kier molecular flexibility index (Phi) is 6.55. The second-order valence-corrected chi connectivity index (χ2v) is 2.85. The molecule has 1 nitrogen and oxygen atoms in total. The number of alkyl halides is 1. The molecule has 0 aliphatic rings. The Morgan fingerprint density at radius 2 is 2.11 bits per heavy atom. The fourth-order valence-electron chi connectivity index (χ4n) is 0.679. The van der Waals surface area contributed by atoms with Gasteiger partial charge in [-0.2, -0.15) is 0 Å². The minimum Gasteiger partial charge on any atom is -0.396 e. The number of hydrogen-bond donors (Lipinski definition) is 1. The maximum Gasteiger partial charge on any atom is 0.0456 e. The zero-order valence-electron chi connectivity index (χ0n) is 5.94. The lowest BCUT2D eigenvalue weighted by Gasteiger charge is -2.04. The molecule has 0 heterocycles. The van der Waals surface area contributed by atoms with Gasteiger partial charge in [0.25, 0.3) is 0 Å². The number of unbranched alkanes of at least 4 members (excludes halogenated alkanes) is 1. The number of aliphatic hydroxyl groups excluding tert-OH is 1. The number of halogens is 1. The van der Waals surface area contributed by atoms with Crippen molar-refractivity contribution in [2.75, 3.05) is 12.5 Å². The summed E-state index contributed by atoms with van der Waals surface area (Å²) in [5, 5.41) is 8.60. The van der Waals surface area contributed by atoms with Gasteiger partial charge in [0.15, 0.2) is 0 Å². The lowest BCUT2D eigenvalue weighted by atomic mass is 10.1. The van der Waals surface area contributed by atoms with Crippen molar-refractivity contribution in [3.05, 3.63) is 0 Å². The summed E-state index contributed by atoms with van der Waals surface area (Å²) in [7, 11) is 0. The molecule has 1 unspecified atom stereocenters. The van der Waals surface area contributed by atoms with Crippen molar-refractivity contribution in [2.24, 2.45) is 5.92 Å². The van der Waals surface area contributed by atoms with Crippen LogP contribution >= 0.6 is 11.6 Å². The highest BCUT2D eigenvalue weighted by atomic mass is 35.5. The average Bonchev–Trinajstić information content (AvgIpc) is 1.89. The smallest absolute Gasteiger partial charge is 0.0456 e. The lowest BCUT2D eigenvalue weighted by molar-refractivity contribution is 0.228. The molecule has 0 saturated carbocycles. The first-order valence-electron chi connectivity index (χ1n) is 3.48. The maximum atomic E-state index is 8.60. The Morgan fingerprint density at radius 3 is 2.56 bits per heavy atom. The minimum absolute atomic E-state index is 0.308. The highest BCUT2D eigenvalue weighted by molar-refractivity contribution is 6.17. The van der Waals surface area contributed by atoms with E-state index in [-0.39, 0.29) is 0 Å². The molecule has 9 heavy (non-hydrogen) atoms. The Bertz CT molecular complexity index is 56.9. The van der Waals surface area contributed by atoms with Gasteiger partial charge in [0.2, 0.25) is 0 Å². The van der Waals surface area contributed by atoms with E-state index >= 15 is 0 Å². The van der Waals surface area contributed by atoms with Crippen molar-refractivity contribution >= 4 is 11.6 Å². The SMILES string of the molecule is CC(CO)CCCCCl. The Balaban J connectivity index is 2.88. The largest absolute Gasteiger partial charge is 0.396 e. The van der Waals surface area contributed by atoms with Gasteiger partial charge < -0.3 is 5.11 Å². The first-order valence-corrected chi connectivity index (χ1v) is 4.01. The van der Waals surface area contributed by atoms with Gasteiger partial charge in [0, 0.05) is 12.5 Å². The monoisotopic (exact) mass is 150 g/mol. The lowest BCUT2D eigenvalue weighted by Crippen LogP contribution is -1.99. The fraction of sp³-hybridized carbons (Fsp3) is 1.00. The summed E-state index contributed by atoms with van der Waals surface area (Å²) in [6.45, 7) is 2.36. The molecule has 0 aromatic carbocycles. The summed E-state index contributed by atoms with van der Waals surface area (Å²) in [4.78, 5) is 0. The molecule has 0 fully saturated rings. The van der Waals surface area contributed by atoms with Gasteiger partial charge in [-0.3, -0.25) is 0 Å². The summed E-state index contributed by atoms with van der Waals surface area (Å²) in [6, 6.07) is 0. The van der Waals surface area contributed by atoms with E-state index in [0.717, 1.165) is 25.1 Å². The van der Waals surface area contributed by atoms with E-state index in [1.54, 1.807) is 0 Å². The summed E-state index contributed by atoms with van der Waals surface area (Å²) in [6.07, 6.45) is 3.32. The van der Waals surface area contributed by atoms with Gasteiger partial charge in [-0.1, -0.05) is 13.3 Å². The molecule has 0 aliphatic heterocycles. The van der Waals surface area contributed by atoms with Crippen LogP contribution < -0.4 is 0 Å². The Labute approximate surface area is 62.0 Å². The van der Waals surface area contributed by atoms with E-state index in [9.17, 15) is 0 Å². The molecule has 0 rings (SSSR count). The number of hydrogen-bond acceptors (Lipinski definition) is 1. The molecule has 0 bridgehead atoms. The van der Waals surface area contributed by atoms with Crippen LogP contribution in [0.1, 0.15) is 26.2 Å². The zero-order valence-corrected chi connectivity index (χ0v) is 6.69. The van der Waals surface area contributed by atoms with Crippen LogP contribution in [0.25, 0.3) is 0 Å². The van der Waals surface area contributed by atoms with Gasteiger partial charge in [0.1, 0.15) is 0 Å². The van der Waals surface area contributed by atoms with Crippen molar-refractivity contribution in [3.63, 3.8) is 0 Å². The molecule has 0 radical (unpaired) electrons. The third kappa shape index (κ3) is 6.13. The van der Waals surface area contributed by atoms with Crippen molar-refractivity contribution < 1.29 is 5.11 Å². The quantitative estimate of drug-likeness (QED) is 0.470. The first-order chi connectivity index (χ1) is 4.31. The molecule has 0 amide bonds. The first kappa shape index (κ1) is 9.25. The van der Waals surface area contributed by atoms with Gasteiger partial charge in [0.05, 0.1) is 0 Å². The van der Waals surface area contributed by atoms with Crippen LogP contribution in [-0.2, 0) is 0 Å². The van der Waals surface area contributed by atoms with E-state index in [0.29, 0.717) is 12.5 Å². The van der Waals surface area contributed by atoms with Crippen molar-refractivity contribution in [1.82, 2.24) is 0 Å². The van der Waals surface area contributed by atoms with Crippen molar-refractivity contribution in [1.29, 1.82) is 0 Å². The van der Waals surface area contributed by atoms with E-state index in [2.05, 4.69) is 0 Å². The number of aliphatic hydroxyl groups is 1. The van der Waals surface area contributed by atoms with Crippen LogP contribution in [0.4, 0.5) is 0 Å². The molecule has 1 N–H and O–H groups in total. The van der Waals surface area contributed by atoms with Gasteiger partial charge >= 0.3 is 0 Å². The molecule has 1 atom stereocenters.